The number of rotatable bonds is 7. The molecule has 0 aliphatic heterocycles. The standard InChI is InChI=1S/C18H20N2O2S/c21-16(8-10-19-18(22)15-9-11-23-12-15)20-17(14-6-7-14)13-4-2-1-3-5-13/h1-5,9,11-12,14,17H,6-8,10H2,(H,19,22)(H,20,21). The highest BCUT2D eigenvalue weighted by atomic mass is 32.1. The van der Waals surface area contributed by atoms with Gasteiger partial charge in [0.1, 0.15) is 0 Å². The van der Waals surface area contributed by atoms with Crippen LogP contribution < -0.4 is 10.6 Å². The summed E-state index contributed by atoms with van der Waals surface area (Å²) in [6, 6.07) is 12.0. The molecule has 1 unspecified atom stereocenters. The second-order valence-electron chi connectivity index (χ2n) is 5.81. The van der Waals surface area contributed by atoms with Crippen LogP contribution in [0.3, 0.4) is 0 Å². The molecule has 1 fully saturated rings. The Morgan fingerprint density at radius 1 is 1.17 bits per heavy atom. The summed E-state index contributed by atoms with van der Waals surface area (Å²) >= 11 is 1.48. The maximum absolute atomic E-state index is 12.2. The fourth-order valence-corrected chi connectivity index (χ4v) is 3.23. The van der Waals surface area contributed by atoms with Crippen LogP contribution in [0.2, 0.25) is 0 Å². The molecule has 4 nitrogen and oxygen atoms in total. The topological polar surface area (TPSA) is 58.2 Å². The lowest BCUT2D eigenvalue weighted by molar-refractivity contribution is -0.121. The van der Waals surface area contributed by atoms with E-state index in [1.807, 2.05) is 23.6 Å². The lowest BCUT2D eigenvalue weighted by atomic mass is 10.0. The van der Waals surface area contributed by atoms with E-state index in [1.54, 1.807) is 11.4 Å². The van der Waals surface area contributed by atoms with Crippen LogP contribution in [0, 0.1) is 5.92 Å². The van der Waals surface area contributed by atoms with E-state index in [-0.39, 0.29) is 17.9 Å². The highest BCUT2D eigenvalue weighted by Crippen LogP contribution is 2.40. The monoisotopic (exact) mass is 328 g/mol. The number of benzene rings is 1. The van der Waals surface area contributed by atoms with Crippen molar-refractivity contribution in [1.29, 1.82) is 0 Å². The number of hydrogen-bond acceptors (Lipinski definition) is 3. The molecule has 0 bridgehead atoms. The summed E-state index contributed by atoms with van der Waals surface area (Å²) in [7, 11) is 0. The van der Waals surface area contributed by atoms with Crippen molar-refractivity contribution in [2.24, 2.45) is 5.92 Å². The first-order valence-corrected chi connectivity index (χ1v) is 8.83. The molecule has 120 valence electrons. The van der Waals surface area contributed by atoms with E-state index >= 15 is 0 Å². The van der Waals surface area contributed by atoms with Crippen LogP contribution in [-0.2, 0) is 4.79 Å². The van der Waals surface area contributed by atoms with Gasteiger partial charge in [0.15, 0.2) is 0 Å². The number of carbonyl (C=O) groups is 2. The van der Waals surface area contributed by atoms with Crippen molar-refractivity contribution >= 4 is 23.2 Å². The summed E-state index contributed by atoms with van der Waals surface area (Å²) in [4.78, 5) is 24.0. The zero-order valence-electron chi connectivity index (χ0n) is 12.8. The molecule has 23 heavy (non-hydrogen) atoms. The van der Waals surface area contributed by atoms with Gasteiger partial charge in [0.25, 0.3) is 5.91 Å². The Labute approximate surface area is 139 Å². The molecule has 1 aliphatic rings. The predicted octanol–water partition coefficient (Wildman–Crippen LogP) is 3.14. The minimum absolute atomic E-state index is 0.0172. The molecule has 1 saturated carbocycles. The smallest absolute Gasteiger partial charge is 0.252 e. The molecule has 2 amide bonds. The molecule has 1 atom stereocenters. The van der Waals surface area contributed by atoms with Gasteiger partial charge in [-0.25, -0.2) is 0 Å². The number of hydrogen-bond donors (Lipinski definition) is 2. The first kappa shape index (κ1) is 15.7. The van der Waals surface area contributed by atoms with E-state index in [0.29, 0.717) is 24.4 Å². The number of amides is 2. The van der Waals surface area contributed by atoms with Crippen LogP contribution in [0.25, 0.3) is 0 Å². The quantitative estimate of drug-likeness (QED) is 0.820. The molecule has 1 aliphatic carbocycles. The molecular weight excluding hydrogens is 308 g/mol. The average molecular weight is 328 g/mol. The first-order valence-electron chi connectivity index (χ1n) is 7.89. The van der Waals surface area contributed by atoms with E-state index in [0.717, 1.165) is 18.4 Å². The summed E-state index contributed by atoms with van der Waals surface area (Å²) in [5.74, 6) is 0.402. The molecule has 0 spiro atoms. The van der Waals surface area contributed by atoms with Crippen molar-refractivity contribution in [2.75, 3.05) is 6.54 Å². The zero-order chi connectivity index (χ0) is 16.1. The van der Waals surface area contributed by atoms with Gasteiger partial charge in [-0.15, -0.1) is 0 Å². The Morgan fingerprint density at radius 3 is 2.61 bits per heavy atom. The lowest BCUT2D eigenvalue weighted by Gasteiger charge is -2.19. The van der Waals surface area contributed by atoms with E-state index in [4.69, 9.17) is 0 Å². The van der Waals surface area contributed by atoms with Crippen molar-refractivity contribution in [3.05, 3.63) is 58.3 Å². The van der Waals surface area contributed by atoms with E-state index < -0.39 is 0 Å². The summed E-state index contributed by atoms with van der Waals surface area (Å²) < 4.78 is 0. The fourth-order valence-electron chi connectivity index (χ4n) is 2.59. The largest absolute Gasteiger partial charge is 0.351 e. The van der Waals surface area contributed by atoms with Gasteiger partial charge in [-0.2, -0.15) is 11.3 Å². The molecule has 0 saturated heterocycles. The fraction of sp³-hybridized carbons (Fsp3) is 0.333. The van der Waals surface area contributed by atoms with Gasteiger partial charge in [-0.05, 0) is 35.8 Å². The summed E-state index contributed by atoms with van der Waals surface area (Å²) in [5, 5.41) is 9.56. The van der Waals surface area contributed by atoms with Crippen LogP contribution in [0.4, 0.5) is 0 Å². The minimum Gasteiger partial charge on any atom is -0.351 e. The normalized spacial score (nSPS) is 15.0. The molecule has 2 N–H and O–H groups in total. The summed E-state index contributed by atoms with van der Waals surface area (Å²) in [6.45, 7) is 0.354. The number of nitrogens with one attached hydrogen (secondary N) is 2. The SMILES string of the molecule is O=C(CCNC(=O)c1ccsc1)NC(c1ccccc1)C1CC1. The minimum atomic E-state index is -0.124. The molecule has 0 radical (unpaired) electrons. The Hall–Kier alpha value is -2.14. The predicted molar refractivity (Wildman–Crippen MR) is 91.3 cm³/mol. The van der Waals surface area contributed by atoms with Gasteiger partial charge in [0, 0.05) is 23.9 Å². The third-order valence-corrected chi connectivity index (χ3v) is 4.67. The molecule has 2 aromatic rings. The van der Waals surface area contributed by atoms with Crippen molar-refractivity contribution in [1.82, 2.24) is 10.6 Å². The second kappa shape index (κ2) is 7.42. The van der Waals surface area contributed by atoms with Gasteiger partial charge in [-0.1, -0.05) is 30.3 Å². The highest BCUT2D eigenvalue weighted by molar-refractivity contribution is 7.08. The van der Waals surface area contributed by atoms with Crippen molar-refractivity contribution < 1.29 is 9.59 Å². The first-order chi connectivity index (χ1) is 11.2. The third kappa shape index (κ3) is 4.42. The average Bonchev–Trinajstić information content (AvgIpc) is 3.26. The molecule has 1 aromatic carbocycles. The van der Waals surface area contributed by atoms with E-state index in [9.17, 15) is 9.59 Å². The van der Waals surface area contributed by atoms with Gasteiger partial charge in [0.2, 0.25) is 5.91 Å². The molecule has 3 rings (SSSR count). The van der Waals surface area contributed by atoms with Crippen molar-refractivity contribution in [3.63, 3.8) is 0 Å². The Bertz CT molecular complexity index is 651. The molecule has 5 heteroatoms. The molecule has 1 aromatic heterocycles. The van der Waals surface area contributed by atoms with E-state index in [1.165, 1.54) is 11.3 Å². The van der Waals surface area contributed by atoms with Crippen LogP contribution in [0.5, 0.6) is 0 Å². The summed E-state index contributed by atoms with van der Waals surface area (Å²) in [6.07, 6.45) is 2.62. The van der Waals surface area contributed by atoms with E-state index in [2.05, 4.69) is 22.8 Å². The van der Waals surface area contributed by atoms with Gasteiger partial charge < -0.3 is 10.6 Å². The lowest BCUT2D eigenvalue weighted by Crippen LogP contribution is -2.33. The van der Waals surface area contributed by atoms with Crippen LogP contribution in [-0.4, -0.2) is 18.4 Å². The Balaban J connectivity index is 1.47. The Morgan fingerprint density at radius 2 is 1.96 bits per heavy atom. The maximum Gasteiger partial charge on any atom is 0.252 e. The number of thiophene rings is 1. The van der Waals surface area contributed by atoms with Crippen LogP contribution in [0.15, 0.2) is 47.2 Å². The molecule has 1 heterocycles. The van der Waals surface area contributed by atoms with Crippen LogP contribution >= 0.6 is 11.3 Å². The third-order valence-electron chi connectivity index (χ3n) is 3.99. The van der Waals surface area contributed by atoms with Crippen molar-refractivity contribution in [3.8, 4) is 0 Å². The highest BCUT2D eigenvalue weighted by Gasteiger charge is 2.33. The molecular formula is C18H20N2O2S. The summed E-state index contributed by atoms with van der Waals surface area (Å²) in [5.41, 5.74) is 1.81. The van der Waals surface area contributed by atoms with Gasteiger partial charge >= 0.3 is 0 Å². The van der Waals surface area contributed by atoms with Gasteiger partial charge in [-0.3, -0.25) is 9.59 Å². The van der Waals surface area contributed by atoms with Crippen LogP contribution in [0.1, 0.15) is 41.2 Å². The van der Waals surface area contributed by atoms with Crippen molar-refractivity contribution in [2.45, 2.75) is 25.3 Å². The maximum atomic E-state index is 12.2. The second-order valence-corrected chi connectivity index (χ2v) is 6.59. The zero-order valence-corrected chi connectivity index (χ0v) is 13.6. The van der Waals surface area contributed by atoms with Gasteiger partial charge in [0.05, 0.1) is 6.04 Å². The Kier molecular flexibility index (Phi) is 5.08. The number of carbonyl (C=O) groups excluding carboxylic acids is 2.